The smallest absolute Gasteiger partial charge is 0.227 e. The Kier molecular flexibility index (Phi) is 3.64. The predicted molar refractivity (Wildman–Crippen MR) is 68.9 cm³/mol. The highest BCUT2D eigenvalue weighted by Crippen LogP contribution is 2.34. The maximum absolute atomic E-state index is 11.9. The molecule has 1 amide bonds. The summed E-state index contributed by atoms with van der Waals surface area (Å²) >= 11 is 3.51. The molecular weight excluding hydrogens is 266 g/mol. The van der Waals surface area contributed by atoms with Crippen molar-refractivity contribution in [1.29, 1.82) is 0 Å². The average molecular weight is 282 g/mol. The van der Waals surface area contributed by atoms with E-state index in [-0.39, 0.29) is 11.8 Å². The normalized spacial score (nSPS) is 19.5. The number of hydrogen-bond donors (Lipinski definition) is 1. The van der Waals surface area contributed by atoms with E-state index >= 15 is 0 Å². The summed E-state index contributed by atoms with van der Waals surface area (Å²) in [4.78, 5) is 12.3. The van der Waals surface area contributed by atoms with Crippen molar-refractivity contribution in [2.45, 2.75) is 30.5 Å². The van der Waals surface area contributed by atoms with Crippen LogP contribution in [0.4, 0.5) is 0 Å². The average Bonchev–Trinajstić information content (AvgIpc) is 2.27. The molecule has 0 fully saturated rings. The Morgan fingerprint density at radius 1 is 1.56 bits per heavy atom. The largest absolute Gasteiger partial charge is 0.354 e. The highest BCUT2D eigenvalue weighted by atomic mass is 79.9. The van der Waals surface area contributed by atoms with Gasteiger partial charge in [0.05, 0.1) is 5.92 Å². The first-order valence-corrected chi connectivity index (χ1v) is 6.63. The van der Waals surface area contributed by atoms with Crippen molar-refractivity contribution in [3.63, 3.8) is 0 Å². The molecule has 2 rings (SSSR count). The molecular formula is C13H16BrNO. The summed E-state index contributed by atoms with van der Waals surface area (Å²) in [5, 5.41) is 2.99. The molecule has 0 spiro atoms. The van der Waals surface area contributed by atoms with E-state index < -0.39 is 0 Å². The second-order valence-corrected chi connectivity index (χ2v) is 5.50. The number of carbonyl (C=O) groups excluding carboxylic acids is 1. The zero-order valence-electron chi connectivity index (χ0n) is 9.37. The van der Waals surface area contributed by atoms with Gasteiger partial charge in [-0.2, -0.15) is 0 Å². The minimum Gasteiger partial charge on any atom is -0.354 e. The van der Waals surface area contributed by atoms with Crippen LogP contribution in [0.3, 0.4) is 0 Å². The second-order valence-electron chi connectivity index (χ2n) is 4.21. The van der Waals surface area contributed by atoms with Gasteiger partial charge < -0.3 is 5.32 Å². The molecule has 0 aromatic heterocycles. The lowest BCUT2D eigenvalue weighted by Gasteiger charge is -2.29. The van der Waals surface area contributed by atoms with Crippen molar-refractivity contribution in [2.75, 3.05) is 6.54 Å². The van der Waals surface area contributed by atoms with Crippen LogP contribution in [0.2, 0.25) is 0 Å². The Bertz CT molecular complexity index is 391. The lowest BCUT2D eigenvalue weighted by atomic mass is 9.77. The van der Waals surface area contributed by atoms with Gasteiger partial charge in [0.2, 0.25) is 5.91 Å². The number of alkyl halides is 1. The van der Waals surface area contributed by atoms with E-state index in [1.54, 1.807) is 0 Å². The fourth-order valence-electron chi connectivity index (χ4n) is 1.97. The van der Waals surface area contributed by atoms with E-state index in [0.717, 1.165) is 12.8 Å². The van der Waals surface area contributed by atoms with Gasteiger partial charge in [-0.15, -0.1) is 0 Å². The van der Waals surface area contributed by atoms with Crippen LogP contribution in [-0.2, 0) is 11.2 Å². The topological polar surface area (TPSA) is 29.1 Å². The number of amides is 1. The molecule has 1 aliphatic rings. The maximum Gasteiger partial charge on any atom is 0.227 e. The highest BCUT2D eigenvalue weighted by Gasteiger charge is 2.31. The van der Waals surface area contributed by atoms with Crippen LogP contribution >= 0.6 is 15.9 Å². The molecule has 0 saturated heterocycles. The molecule has 16 heavy (non-hydrogen) atoms. The maximum atomic E-state index is 11.9. The molecule has 0 radical (unpaired) electrons. The standard InChI is InChI=1S/C13H16BrNO/c1-2-10(14)8-15-13(16)12-7-9-5-3-4-6-11(9)12/h3-6,10,12H,2,7-8H2,1H3,(H,15,16). The molecule has 2 nitrogen and oxygen atoms in total. The Morgan fingerprint density at radius 3 is 3.00 bits per heavy atom. The van der Waals surface area contributed by atoms with Crippen LogP contribution in [0.25, 0.3) is 0 Å². The molecule has 0 bridgehead atoms. The number of nitrogens with one attached hydrogen (secondary N) is 1. The molecule has 0 aliphatic heterocycles. The van der Waals surface area contributed by atoms with Gasteiger partial charge in [-0.3, -0.25) is 4.79 Å². The summed E-state index contributed by atoms with van der Waals surface area (Å²) < 4.78 is 0. The fraction of sp³-hybridized carbons (Fsp3) is 0.462. The number of benzene rings is 1. The van der Waals surface area contributed by atoms with Crippen molar-refractivity contribution in [3.8, 4) is 0 Å². The van der Waals surface area contributed by atoms with Gasteiger partial charge in [-0.25, -0.2) is 0 Å². The van der Waals surface area contributed by atoms with Gasteiger partial charge in [0.25, 0.3) is 0 Å². The van der Waals surface area contributed by atoms with Gasteiger partial charge >= 0.3 is 0 Å². The first-order valence-electron chi connectivity index (χ1n) is 5.72. The van der Waals surface area contributed by atoms with Crippen molar-refractivity contribution in [3.05, 3.63) is 35.4 Å². The van der Waals surface area contributed by atoms with Crippen LogP contribution in [0, 0.1) is 0 Å². The predicted octanol–water partition coefficient (Wildman–Crippen LogP) is 2.62. The van der Waals surface area contributed by atoms with Gasteiger partial charge in [-0.1, -0.05) is 47.1 Å². The van der Waals surface area contributed by atoms with E-state index in [0.29, 0.717) is 11.4 Å². The summed E-state index contributed by atoms with van der Waals surface area (Å²) in [7, 11) is 0. The molecule has 0 heterocycles. The number of fused-ring (bicyclic) bond motifs is 1. The molecule has 86 valence electrons. The van der Waals surface area contributed by atoms with Crippen LogP contribution in [-0.4, -0.2) is 17.3 Å². The quantitative estimate of drug-likeness (QED) is 0.845. The second kappa shape index (κ2) is 5.00. The third-order valence-corrected chi connectivity index (χ3v) is 4.08. The Morgan fingerprint density at radius 2 is 2.31 bits per heavy atom. The summed E-state index contributed by atoms with van der Waals surface area (Å²) in [5.74, 6) is 0.240. The van der Waals surface area contributed by atoms with Crippen molar-refractivity contribution >= 4 is 21.8 Å². The highest BCUT2D eigenvalue weighted by molar-refractivity contribution is 9.09. The third-order valence-electron chi connectivity index (χ3n) is 3.11. The molecule has 2 unspecified atom stereocenters. The molecule has 1 aliphatic carbocycles. The van der Waals surface area contributed by atoms with E-state index in [1.807, 2.05) is 12.1 Å². The molecule has 1 N–H and O–H groups in total. The molecule has 1 aromatic rings. The zero-order chi connectivity index (χ0) is 11.5. The SMILES string of the molecule is CCC(Br)CNC(=O)C1Cc2ccccc21. The first kappa shape index (κ1) is 11.6. The monoisotopic (exact) mass is 281 g/mol. The van der Waals surface area contributed by atoms with Gasteiger partial charge in [0.1, 0.15) is 0 Å². The van der Waals surface area contributed by atoms with E-state index in [1.165, 1.54) is 11.1 Å². The van der Waals surface area contributed by atoms with Crippen LogP contribution in [0.1, 0.15) is 30.4 Å². The molecule has 1 aromatic carbocycles. The number of halogens is 1. The molecule has 0 saturated carbocycles. The van der Waals surface area contributed by atoms with Crippen LogP contribution in [0.15, 0.2) is 24.3 Å². The zero-order valence-corrected chi connectivity index (χ0v) is 11.0. The number of carbonyl (C=O) groups is 1. The minimum absolute atomic E-state index is 0.0766. The van der Waals surface area contributed by atoms with E-state index in [4.69, 9.17) is 0 Å². The van der Waals surface area contributed by atoms with Crippen molar-refractivity contribution in [1.82, 2.24) is 5.32 Å². The van der Waals surface area contributed by atoms with Crippen LogP contribution in [0.5, 0.6) is 0 Å². The van der Waals surface area contributed by atoms with Crippen molar-refractivity contribution in [2.24, 2.45) is 0 Å². The Hall–Kier alpha value is -0.830. The summed E-state index contributed by atoms with van der Waals surface area (Å²) in [6.07, 6.45) is 1.92. The fourth-order valence-corrected chi connectivity index (χ4v) is 2.13. The molecule has 3 heteroatoms. The van der Waals surface area contributed by atoms with E-state index in [9.17, 15) is 4.79 Å². The summed E-state index contributed by atoms with van der Waals surface area (Å²) in [6, 6.07) is 8.17. The molecule has 2 atom stereocenters. The minimum atomic E-state index is 0.0766. The summed E-state index contributed by atoms with van der Waals surface area (Å²) in [6.45, 7) is 2.82. The van der Waals surface area contributed by atoms with Gasteiger partial charge in [-0.05, 0) is 24.0 Å². The Balaban J connectivity index is 1.90. The first-order chi connectivity index (χ1) is 7.72. The van der Waals surface area contributed by atoms with Gasteiger partial charge in [0.15, 0.2) is 0 Å². The van der Waals surface area contributed by atoms with Crippen LogP contribution < -0.4 is 5.32 Å². The Labute approximate surface area is 105 Å². The van der Waals surface area contributed by atoms with Crippen molar-refractivity contribution < 1.29 is 4.79 Å². The van der Waals surface area contributed by atoms with Gasteiger partial charge in [0, 0.05) is 11.4 Å². The lowest BCUT2D eigenvalue weighted by molar-refractivity contribution is -0.123. The number of hydrogen-bond acceptors (Lipinski definition) is 1. The third kappa shape index (κ3) is 2.29. The number of rotatable bonds is 4. The lowest BCUT2D eigenvalue weighted by Crippen LogP contribution is -2.38. The van der Waals surface area contributed by atoms with E-state index in [2.05, 4.69) is 40.3 Å². The summed E-state index contributed by atoms with van der Waals surface area (Å²) in [5.41, 5.74) is 2.51.